The molecule has 19 heavy (non-hydrogen) atoms. The lowest BCUT2D eigenvalue weighted by Crippen LogP contribution is -2.30. The maximum absolute atomic E-state index is 12.5. The number of nitrogens with zero attached hydrogens (tertiary/aromatic N) is 2. The Morgan fingerprint density at radius 2 is 2.00 bits per heavy atom. The number of hydrogen-bond acceptors (Lipinski definition) is 3. The van der Waals surface area contributed by atoms with Gasteiger partial charge in [0.2, 0.25) is 0 Å². The van der Waals surface area contributed by atoms with E-state index in [1.807, 2.05) is 37.3 Å². The first kappa shape index (κ1) is 13.4. The molecular formula is C14H14ClN3O. The highest BCUT2D eigenvalue weighted by Crippen LogP contribution is 2.19. The summed E-state index contributed by atoms with van der Waals surface area (Å²) in [6, 6.07) is 12.5. The first-order chi connectivity index (χ1) is 9.11. The van der Waals surface area contributed by atoms with Crippen LogP contribution in [0.1, 0.15) is 17.3 Å². The molecule has 2 aromatic rings. The quantitative estimate of drug-likeness (QED) is 0.876. The number of benzene rings is 1. The van der Waals surface area contributed by atoms with E-state index in [0.717, 1.165) is 5.69 Å². The minimum Gasteiger partial charge on any atom is -0.384 e. The van der Waals surface area contributed by atoms with Crippen LogP contribution in [0.5, 0.6) is 0 Å². The first-order valence-electron chi connectivity index (χ1n) is 5.91. The van der Waals surface area contributed by atoms with E-state index < -0.39 is 0 Å². The summed E-state index contributed by atoms with van der Waals surface area (Å²) >= 11 is 5.83. The molecule has 5 heteroatoms. The van der Waals surface area contributed by atoms with Crippen molar-refractivity contribution in [3.05, 3.63) is 53.2 Å². The van der Waals surface area contributed by atoms with Gasteiger partial charge in [0.15, 0.2) is 0 Å². The number of aromatic nitrogens is 1. The van der Waals surface area contributed by atoms with Crippen LogP contribution in [0, 0.1) is 0 Å². The number of nitrogen functional groups attached to an aromatic ring is 1. The highest BCUT2D eigenvalue weighted by molar-refractivity contribution is 6.30. The van der Waals surface area contributed by atoms with Gasteiger partial charge < -0.3 is 10.6 Å². The number of hydrogen-bond donors (Lipinski definition) is 1. The molecule has 0 unspecified atom stereocenters. The van der Waals surface area contributed by atoms with Crippen LogP contribution in [0.3, 0.4) is 0 Å². The fraction of sp³-hybridized carbons (Fsp3) is 0.143. The Labute approximate surface area is 116 Å². The Morgan fingerprint density at radius 1 is 1.32 bits per heavy atom. The van der Waals surface area contributed by atoms with Crippen molar-refractivity contribution in [1.82, 2.24) is 4.98 Å². The lowest BCUT2D eigenvalue weighted by molar-refractivity contribution is 0.0988. The second-order valence-corrected chi connectivity index (χ2v) is 4.38. The summed E-state index contributed by atoms with van der Waals surface area (Å²) in [6.07, 6.45) is 0. The van der Waals surface area contributed by atoms with E-state index in [-0.39, 0.29) is 16.9 Å². The zero-order chi connectivity index (χ0) is 13.8. The molecule has 2 N–H and O–H groups in total. The third-order valence-corrected chi connectivity index (χ3v) is 2.88. The molecule has 98 valence electrons. The van der Waals surface area contributed by atoms with Gasteiger partial charge in [-0.25, -0.2) is 4.98 Å². The molecule has 0 saturated carbocycles. The van der Waals surface area contributed by atoms with Crippen molar-refractivity contribution >= 4 is 29.0 Å². The van der Waals surface area contributed by atoms with E-state index in [1.165, 1.54) is 12.1 Å². The molecule has 2 rings (SSSR count). The summed E-state index contributed by atoms with van der Waals surface area (Å²) in [5.41, 5.74) is 6.88. The van der Waals surface area contributed by atoms with E-state index in [0.29, 0.717) is 12.1 Å². The number of para-hydroxylation sites is 1. The number of nitrogens with two attached hydrogens (primary N) is 1. The topological polar surface area (TPSA) is 59.2 Å². The number of rotatable bonds is 3. The zero-order valence-electron chi connectivity index (χ0n) is 10.5. The molecule has 1 amide bonds. The van der Waals surface area contributed by atoms with Crippen LogP contribution in [-0.4, -0.2) is 17.4 Å². The SMILES string of the molecule is CCN(C(=O)c1cc(N)nc(Cl)c1)c1ccccc1. The van der Waals surface area contributed by atoms with E-state index in [1.54, 1.807) is 4.90 Å². The van der Waals surface area contributed by atoms with Crippen molar-refractivity contribution in [1.29, 1.82) is 0 Å². The van der Waals surface area contributed by atoms with Gasteiger partial charge >= 0.3 is 0 Å². The van der Waals surface area contributed by atoms with Gasteiger partial charge in [0.25, 0.3) is 5.91 Å². The summed E-state index contributed by atoms with van der Waals surface area (Å²) in [6.45, 7) is 2.47. The van der Waals surface area contributed by atoms with Crippen molar-refractivity contribution in [3.63, 3.8) is 0 Å². The highest BCUT2D eigenvalue weighted by Gasteiger charge is 2.17. The number of carbonyl (C=O) groups is 1. The number of pyridine rings is 1. The molecule has 0 aliphatic heterocycles. The van der Waals surface area contributed by atoms with Gasteiger partial charge in [0.05, 0.1) is 0 Å². The van der Waals surface area contributed by atoms with Crippen LogP contribution in [0.25, 0.3) is 0 Å². The smallest absolute Gasteiger partial charge is 0.258 e. The van der Waals surface area contributed by atoms with Gasteiger partial charge in [-0.2, -0.15) is 0 Å². The van der Waals surface area contributed by atoms with Crippen molar-refractivity contribution in [2.24, 2.45) is 0 Å². The maximum Gasteiger partial charge on any atom is 0.258 e. The van der Waals surface area contributed by atoms with Crippen LogP contribution in [0.4, 0.5) is 11.5 Å². The van der Waals surface area contributed by atoms with Gasteiger partial charge in [-0.1, -0.05) is 29.8 Å². The van der Waals surface area contributed by atoms with Gasteiger partial charge in [-0.3, -0.25) is 4.79 Å². The van der Waals surface area contributed by atoms with Crippen molar-refractivity contribution in [3.8, 4) is 0 Å². The lowest BCUT2D eigenvalue weighted by Gasteiger charge is -2.21. The number of amides is 1. The minimum absolute atomic E-state index is 0.148. The molecule has 4 nitrogen and oxygen atoms in total. The molecule has 1 heterocycles. The van der Waals surface area contributed by atoms with Gasteiger partial charge in [0, 0.05) is 17.8 Å². The first-order valence-corrected chi connectivity index (χ1v) is 6.29. The lowest BCUT2D eigenvalue weighted by atomic mass is 10.2. The van der Waals surface area contributed by atoms with Crippen LogP contribution in [-0.2, 0) is 0 Å². The average Bonchev–Trinajstić information content (AvgIpc) is 2.39. The predicted octanol–water partition coefficient (Wildman–Crippen LogP) is 2.98. The summed E-state index contributed by atoms with van der Waals surface area (Å²) in [5.74, 6) is 0.0877. The Morgan fingerprint density at radius 3 is 2.58 bits per heavy atom. The highest BCUT2D eigenvalue weighted by atomic mass is 35.5. The third-order valence-electron chi connectivity index (χ3n) is 2.69. The van der Waals surface area contributed by atoms with Gasteiger partial charge in [0.1, 0.15) is 11.0 Å². The fourth-order valence-corrected chi connectivity index (χ4v) is 2.06. The normalized spacial score (nSPS) is 10.2. The molecule has 1 aromatic heterocycles. The Bertz CT molecular complexity index is 566. The zero-order valence-corrected chi connectivity index (χ0v) is 11.3. The van der Waals surface area contributed by atoms with Crippen LogP contribution in [0.15, 0.2) is 42.5 Å². The molecule has 0 radical (unpaired) electrons. The van der Waals surface area contributed by atoms with Crippen molar-refractivity contribution in [2.75, 3.05) is 17.2 Å². The number of halogens is 1. The summed E-state index contributed by atoms with van der Waals surface area (Å²) in [7, 11) is 0. The van der Waals surface area contributed by atoms with Crippen LogP contribution < -0.4 is 10.6 Å². The number of carbonyl (C=O) groups excluding carboxylic acids is 1. The van der Waals surface area contributed by atoms with Gasteiger partial charge in [-0.15, -0.1) is 0 Å². The summed E-state index contributed by atoms with van der Waals surface area (Å²) in [4.78, 5) is 18.0. The fourth-order valence-electron chi connectivity index (χ4n) is 1.85. The van der Waals surface area contributed by atoms with Gasteiger partial charge in [-0.05, 0) is 31.2 Å². The van der Waals surface area contributed by atoms with E-state index in [2.05, 4.69) is 4.98 Å². The van der Waals surface area contributed by atoms with E-state index in [4.69, 9.17) is 17.3 Å². The molecule has 0 aliphatic rings. The van der Waals surface area contributed by atoms with Crippen LogP contribution >= 0.6 is 11.6 Å². The largest absolute Gasteiger partial charge is 0.384 e. The molecule has 0 spiro atoms. The van der Waals surface area contributed by atoms with Crippen LogP contribution in [0.2, 0.25) is 5.15 Å². The average molecular weight is 276 g/mol. The minimum atomic E-state index is -0.148. The predicted molar refractivity (Wildman–Crippen MR) is 77.5 cm³/mol. The standard InChI is InChI=1S/C14H14ClN3O/c1-2-18(11-6-4-3-5-7-11)14(19)10-8-12(15)17-13(16)9-10/h3-9H,2H2,1H3,(H2,16,17). The summed E-state index contributed by atoms with van der Waals surface area (Å²) in [5, 5.41) is 0.215. The van der Waals surface area contributed by atoms with Crippen molar-refractivity contribution < 1.29 is 4.79 Å². The second-order valence-electron chi connectivity index (χ2n) is 3.99. The monoisotopic (exact) mass is 275 g/mol. The summed E-state index contributed by atoms with van der Waals surface area (Å²) < 4.78 is 0. The number of anilines is 2. The third kappa shape index (κ3) is 3.03. The molecule has 0 saturated heterocycles. The molecular weight excluding hydrogens is 262 g/mol. The Kier molecular flexibility index (Phi) is 4.02. The van der Waals surface area contributed by atoms with E-state index >= 15 is 0 Å². The molecule has 0 atom stereocenters. The second kappa shape index (κ2) is 5.71. The molecule has 0 aliphatic carbocycles. The maximum atomic E-state index is 12.5. The Balaban J connectivity index is 2.36. The molecule has 0 fully saturated rings. The van der Waals surface area contributed by atoms with Crippen molar-refractivity contribution in [2.45, 2.75) is 6.92 Å². The van der Waals surface area contributed by atoms with E-state index in [9.17, 15) is 4.79 Å². The molecule has 0 bridgehead atoms. The molecule has 1 aromatic carbocycles. The Hall–Kier alpha value is -2.07.